The van der Waals surface area contributed by atoms with Gasteiger partial charge in [-0.25, -0.2) is 4.63 Å². The number of carbonyl (C=O) groups excluding carboxylic acids is 1. The Kier molecular flexibility index (Phi) is 2.65. The number of phenols is 1. The quantitative estimate of drug-likeness (QED) is 0.665. The third-order valence-corrected chi connectivity index (χ3v) is 2.19. The number of anilines is 2. The van der Waals surface area contributed by atoms with Gasteiger partial charge in [-0.15, -0.1) is 0 Å². The van der Waals surface area contributed by atoms with Crippen molar-refractivity contribution < 1.29 is 14.5 Å². The van der Waals surface area contributed by atoms with Gasteiger partial charge in [0.15, 0.2) is 0 Å². The van der Waals surface area contributed by atoms with Crippen LogP contribution in [0.2, 0.25) is 0 Å². The Balaban J connectivity index is 2.22. The van der Waals surface area contributed by atoms with Crippen molar-refractivity contribution in [1.29, 1.82) is 0 Å². The van der Waals surface area contributed by atoms with Gasteiger partial charge < -0.3 is 16.2 Å². The van der Waals surface area contributed by atoms with Crippen LogP contribution in [-0.2, 0) is 0 Å². The minimum atomic E-state index is -0.516. The molecule has 0 spiro atoms. The van der Waals surface area contributed by atoms with Gasteiger partial charge in [0.25, 0.3) is 5.91 Å². The summed E-state index contributed by atoms with van der Waals surface area (Å²) in [5.74, 6) is -0.459. The van der Waals surface area contributed by atoms with Gasteiger partial charge in [-0.1, -0.05) is 0 Å². The predicted molar refractivity (Wildman–Crippen MR) is 59.5 cm³/mol. The molecule has 0 saturated carbocycles. The van der Waals surface area contributed by atoms with Crippen molar-refractivity contribution in [3.8, 4) is 5.75 Å². The molecule has 17 heavy (non-hydrogen) atoms. The Hall–Kier alpha value is -2.57. The Morgan fingerprint density at radius 2 is 2.24 bits per heavy atom. The van der Waals surface area contributed by atoms with Crippen LogP contribution < -0.4 is 11.1 Å². The number of amides is 1. The largest absolute Gasteiger partial charge is 0.508 e. The summed E-state index contributed by atoms with van der Waals surface area (Å²) in [4.78, 5) is 11.7. The zero-order chi connectivity index (χ0) is 12.4. The molecule has 0 saturated heterocycles. The highest BCUT2D eigenvalue weighted by Gasteiger charge is 2.16. The number of benzene rings is 1. The molecule has 0 aliphatic rings. The summed E-state index contributed by atoms with van der Waals surface area (Å²) in [5, 5.41) is 18.5. The molecule has 1 amide bonds. The van der Waals surface area contributed by atoms with Crippen LogP contribution in [0.5, 0.6) is 5.75 Å². The SMILES string of the molecule is Cc1cc(O)ccc1NC(=O)c1nonc1N. The summed E-state index contributed by atoms with van der Waals surface area (Å²) in [6.45, 7) is 1.75. The summed E-state index contributed by atoms with van der Waals surface area (Å²) < 4.78 is 4.33. The first-order valence-electron chi connectivity index (χ1n) is 4.77. The smallest absolute Gasteiger partial charge is 0.281 e. The average Bonchev–Trinajstić information content (AvgIpc) is 2.68. The van der Waals surface area contributed by atoms with Crippen LogP contribution in [0.1, 0.15) is 16.1 Å². The molecule has 0 atom stereocenters. The number of aryl methyl sites for hydroxylation is 1. The van der Waals surface area contributed by atoms with E-state index >= 15 is 0 Å². The number of hydrogen-bond donors (Lipinski definition) is 3. The van der Waals surface area contributed by atoms with Gasteiger partial charge in [-0.2, -0.15) is 0 Å². The van der Waals surface area contributed by atoms with Gasteiger partial charge >= 0.3 is 0 Å². The van der Waals surface area contributed by atoms with Crippen LogP contribution >= 0.6 is 0 Å². The molecular formula is C10H10N4O3. The maximum Gasteiger partial charge on any atom is 0.281 e. The number of phenolic OH excluding ortho intramolecular Hbond substituents is 1. The van der Waals surface area contributed by atoms with Gasteiger partial charge in [-0.3, -0.25) is 4.79 Å². The fourth-order valence-electron chi connectivity index (χ4n) is 1.32. The lowest BCUT2D eigenvalue weighted by atomic mass is 10.2. The number of carbonyl (C=O) groups is 1. The van der Waals surface area contributed by atoms with E-state index in [1.165, 1.54) is 12.1 Å². The zero-order valence-electron chi connectivity index (χ0n) is 8.97. The van der Waals surface area contributed by atoms with Gasteiger partial charge in [0.05, 0.1) is 0 Å². The second-order valence-electron chi connectivity index (χ2n) is 3.45. The highest BCUT2D eigenvalue weighted by atomic mass is 16.6. The lowest BCUT2D eigenvalue weighted by Crippen LogP contribution is -2.14. The van der Waals surface area contributed by atoms with Crippen LogP contribution in [0.3, 0.4) is 0 Å². The molecule has 0 aliphatic carbocycles. The minimum absolute atomic E-state index is 0.0704. The van der Waals surface area contributed by atoms with Gasteiger partial charge in [0, 0.05) is 5.69 Å². The first-order valence-corrected chi connectivity index (χ1v) is 4.77. The molecule has 7 nitrogen and oxygen atoms in total. The number of aromatic hydroxyl groups is 1. The van der Waals surface area contributed by atoms with E-state index in [2.05, 4.69) is 20.3 Å². The third-order valence-electron chi connectivity index (χ3n) is 2.19. The van der Waals surface area contributed by atoms with Crippen molar-refractivity contribution in [3.63, 3.8) is 0 Å². The summed E-state index contributed by atoms with van der Waals surface area (Å²) in [6.07, 6.45) is 0. The highest BCUT2D eigenvalue weighted by Crippen LogP contribution is 2.21. The Morgan fingerprint density at radius 1 is 1.47 bits per heavy atom. The van der Waals surface area contributed by atoms with Crippen molar-refractivity contribution in [1.82, 2.24) is 10.3 Å². The molecule has 0 fully saturated rings. The number of hydrogen-bond acceptors (Lipinski definition) is 6. The highest BCUT2D eigenvalue weighted by molar-refractivity contribution is 6.05. The second kappa shape index (κ2) is 4.12. The van der Waals surface area contributed by atoms with Crippen molar-refractivity contribution in [3.05, 3.63) is 29.5 Å². The maximum absolute atomic E-state index is 11.7. The monoisotopic (exact) mass is 234 g/mol. The lowest BCUT2D eigenvalue weighted by molar-refractivity contribution is 0.101. The molecule has 2 aromatic rings. The number of aromatic nitrogens is 2. The van der Waals surface area contributed by atoms with E-state index in [-0.39, 0.29) is 17.3 Å². The molecule has 88 valence electrons. The van der Waals surface area contributed by atoms with Crippen molar-refractivity contribution in [2.45, 2.75) is 6.92 Å². The molecule has 4 N–H and O–H groups in total. The maximum atomic E-state index is 11.7. The van der Waals surface area contributed by atoms with Crippen LogP contribution in [0.4, 0.5) is 11.5 Å². The normalized spacial score (nSPS) is 10.2. The Labute approximate surface area is 96.2 Å². The van der Waals surface area contributed by atoms with Crippen LogP contribution in [0.25, 0.3) is 0 Å². The molecular weight excluding hydrogens is 224 g/mol. The van der Waals surface area contributed by atoms with E-state index in [9.17, 15) is 9.90 Å². The average molecular weight is 234 g/mol. The molecule has 0 radical (unpaired) electrons. The molecule has 1 aromatic heterocycles. The van der Waals surface area contributed by atoms with Crippen molar-refractivity contribution >= 4 is 17.4 Å². The van der Waals surface area contributed by atoms with Crippen LogP contribution in [0.15, 0.2) is 22.8 Å². The van der Waals surface area contributed by atoms with Gasteiger partial charge in [-0.05, 0) is 41.0 Å². The second-order valence-corrected chi connectivity index (χ2v) is 3.45. The van der Waals surface area contributed by atoms with E-state index in [4.69, 9.17) is 5.73 Å². The van der Waals surface area contributed by atoms with Gasteiger partial charge in [0.2, 0.25) is 11.5 Å². The number of rotatable bonds is 2. The molecule has 1 heterocycles. The summed E-state index contributed by atoms with van der Waals surface area (Å²) >= 11 is 0. The van der Waals surface area contributed by atoms with E-state index in [0.717, 1.165) is 0 Å². The summed E-state index contributed by atoms with van der Waals surface area (Å²) in [6, 6.07) is 4.57. The number of nitrogens with one attached hydrogen (secondary N) is 1. The standard InChI is InChI=1S/C10H10N4O3/c1-5-4-6(15)2-3-7(5)12-10(16)8-9(11)14-17-13-8/h2-4,15H,1H3,(H2,11,14)(H,12,16). The third kappa shape index (κ3) is 2.17. The zero-order valence-corrected chi connectivity index (χ0v) is 8.97. The fraction of sp³-hybridized carbons (Fsp3) is 0.100. The lowest BCUT2D eigenvalue weighted by Gasteiger charge is -2.06. The Morgan fingerprint density at radius 3 is 2.82 bits per heavy atom. The van der Waals surface area contributed by atoms with Crippen LogP contribution in [-0.4, -0.2) is 21.3 Å². The number of nitrogens with zero attached hydrogens (tertiary/aromatic N) is 2. The molecule has 7 heteroatoms. The first kappa shape index (κ1) is 10.9. The minimum Gasteiger partial charge on any atom is -0.508 e. The molecule has 1 aromatic carbocycles. The summed E-state index contributed by atoms with van der Waals surface area (Å²) in [7, 11) is 0. The Bertz CT molecular complexity index is 564. The molecule has 0 unspecified atom stereocenters. The van der Waals surface area contributed by atoms with E-state index in [1.807, 2.05) is 0 Å². The van der Waals surface area contributed by atoms with E-state index in [0.29, 0.717) is 11.3 Å². The fourth-order valence-corrected chi connectivity index (χ4v) is 1.32. The first-order chi connectivity index (χ1) is 8.08. The molecule has 0 aliphatic heterocycles. The molecule has 0 bridgehead atoms. The number of nitrogens with two attached hydrogens (primary N) is 1. The van der Waals surface area contributed by atoms with Gasteiger partial charge in [0.1, 0.15) is 5.75 Å². The van der Waals surface area contributed by atoms with Crippen LogP contribution in [0, 0.1) is 6.92 Å². The van der Waals surface area contributed by atoms with Crippen molar-refractivity contribution in [2.75, 3.05) is 11.1 Å². The van der Waals surface area contributed by atoms with E-state index < -0.39 is 5.91 Å². The van der Waals surface area contributed by atoms with E-state index in [1.54, 1.807) is 13.0 Å². The summed E-state index contributed by atoms with van der Waals surface area (Å²) in [5.41, 5.74) is 6.58. The topological polar surface area (TPSA) is 114 Å². The number of nitrogen functional groups attached to an aromatic ring is 1. The molecule has 2 rings (SSSR count). The van der Waals surface area contributed by atoms with Crippen molar-refractivity contribution in [2.24, 2.45) is 0 Å². The predicted octanol–water partition coefficient (Wildman–Crippen LogP) is 0.918.